The van der Waals surface area contributed by atoms with Crippen LogP contribution in [0.2, 0.25) is 0 Å². The number of nitrogens with zero attached hydrogens (tertiary/aromatic N) is 1. The van der Waals surface area contributed by atoms with Crippen LogP contribution in [0.25, 0.3) is 0 Å². The molecule has 0 radical (unpaired) electrons. The predicted octanol–water partition coefficient (Wildman–Crippen LogP) is -0.745. The molecule has 0 aliphatic carbocycles. The summed E-state index contributed by atoms with van der Waals surface area (Å²) in [4.78, 5) is 34.5. The summed E-state index contributed by atoms with van der Waals surface area (Å²) in [6.45, 7) is 0.383. The average Bonchev–Trinajstić information content (AvgIpc) is 2.27. The zero-order valence-corrected chi connectivity index (χ0v) is 11.3. The van der Waals surface area contributed by atoms with Crippen LogP contribution in [0.1, 0.15) is 12.8 Å². The Labute approximate surface area is 112 Å². The Kier molecular flexibility index (Phi) is 9.37. The molecule has 0 saturated heterocycles. The molecule has 0 aromatic rings. The van der Waals surface area contributed by atoms with E-state index in [0.717, 1.165) is 19.4 Å². The summed E-state index contributed by atoms with van der Waals surface area (Å²) in [6, 6.07) is -0.603. The SMILES string of the molecule is CN(C)CCCCNC(=O)NC(=O)COCC(=O)O. The van der Waals surface area contributed by atoms with Crippen LogP contribution in [-0.2, 0) is 14.3 Å². The molecule has 0 fully saturated rings. The molecule has 3 N–H and O–H groups in total. The fourth-order valence-corrected chi connectivity index (χ4v) is 1.19. The van der Waals surface area contributed by atoms with Gasteiger partial charge in [0.15, 0.2) is 0 Å². The molecule has 8 heteroatoms. The fourth-order valence-electron chi connectivity index (χ4n) is 1.19. The molecule has 0 bridgehead atoms. The van der Waals surface area contributed by atoms with Crippen molar-refractivity contribution in [2.75, 3.05) is 40.4 Å². The van der Waals surface area contributed by atoms with Gasteiger partial charge in [-0.25, -0.2) is 9.59 Å². The lowest BCUT2D eigenvalue weighted by molar-refractivity contribution is -0.143. The second kappa shape index (κ2) is 10.3. The number of carbonyl (C=O) groups excluding carboxylic acids is 2. The van der Waals surface area contributed by atoms with E-state index in [9.17, 15) is 14.4 Å². The number of unbranched alkanes of at least 4 members (excludes halogenated alkanes) is 1. The van der Waals surface area contributed by atoms with Gasteiger partial charge in [0.2, 0.25) is 0 Å². The first-order valence-corrected chi connectivity index (χ1v) is 5.93. The van der Waals surface area contributed by atoms with E-state index in [-0.39, 0.29) is 0 Å². The molecule has 0 rings (SSSR count). The van der Waals surface area contributed by atoms with Crippen molar-refractivity contribution in [2.24, 2.45) is 0 Å². The third-order valence-corrected chi connectivity index (χ3v) is 2.03. The maximum atomic E-state index is 11.2. The minimum atomic E-state index is -1.17. The van der Waals surface area contributed by atoms with Gasteiger partial charge in [0.05, 0.1) is 0 Å². The van der Waals surface area contributed by atoms with Gasteiger partial charge >= 0.3 is 12.0 Å². The normalized spacial score (nSPS) is 10.3. The average molecular weight is 275 g/mol. The summed E-state index contributed by atoms with van der Waals surface area (Å²) >= 11 is 0. The summed E-state index contributed by atoms with van der Waals surface area (Å²) in [6.07, 6.45) is 1.76. The largest absolute Gasteiger partial charge is 0.480 e. The maximum absolute atomic E-state index is 11.2. The number of urea groups is 1. The lowest BCUT2D eigenvalue weighted by Crippen LogP contribution is -2.41. The van der Waals surface area contributed by atoms with E-state index in [2.05, 4.69) is 10.1 Å². The number of hydrogen-bond acceptors (Lipinski definition) is 5. The van der Waals surface area contributed by atoms with E-state index < -0.39 is 31.1 Å². The number of aliphatic carboxylic acids is 1. The van der Waals surface area contributed by atoms with Gasteiger partial charge < -0.3 is 20.1 Å². The van der Waals surface area contributed by atoms with Crippen LogP contribution in [0.4, 0.5) is 4.79 Å². The summed E-state index contributed by atoms with van der Waals surface area (Å²) < 4.78 is 4.53. The summed E-state index contributed by atoms with van der Waals surface area (Å²) in [5.41, 5.74) is 0. The number of carboxylic acids is 1. The highest BCUT2D eigenvalue weighted by atomic mass is 16.5. The second-order valence-corrected chi connectivity index (χ2v) is 4.20. The van der Waals surface area contributed by atoms with Gasteiger partial charge in [-0.15, -0.1) is 0 Å². The minimum Gasteiger partial charge on any atom is -0.480 e. The van der Waals surface area contributed by atoms with Crippen molar-refractivity contribution in [1.29, 1.82) is 0 Å². The van der Waals surface area contributed by atoms with Crippen molar-refractivity contribution in [2.45, 2.75) is 12.8 Å². The Morgan fingerprint density at radius 2 is 1.84 bits per heavy atom. The summed E-state index contributed by atoms with van der Waals surface area (Å²) in [7, 11) is 3.94. The van der Waals surface area contributed by atoms with E-state index in [0.29, 0.717) is 6.54 Å². The Morgan fingerprint density at radius 3 is 2.42 bits per heavy atom. The molecule has 0 atom stereocenters. The number of nitrogens with one attached hydrogen (secondary N) is 2. The molecule has 0 aliphatic heterocycles. The molecule has 3 amide bonds. The van der Waals surface area contributed by atoms with Gasteiger partial charge in [-0.3, -0.25) is 10.1 Å². The number of amides is 3. The smallest absolute Gasteiger partial charge is 0.329 e. The van der Waals surface area contributed by atoms with E-state index in [1.807, 2.05) is 24.3 Å². The van der Waals surface area contributed by atoms with E-state index in [1.54, 1.807) is 0 Å². The first-order valence-electron chi connectivity index (χ1n) is 5.93. The van der Waals surface area contributed by atoms with Gasteiger partial charge in [0.1, 0.15) is 13.2 Å². The third-order valence-electron chi connectivity index (χ3n) is 2.03. The van der Waals surface area contributed by atoms with Crippen LogP contribution in [0, 0.1) is 0 Å². The van der Waals surface area contributed by atoms with Crippen LogP contribution < -0.4 is 10.6 Å². The van der Waals surface area contributed by atoms with E-state index in [4.69, 9.17) is 5.11 Å². The van der Waals surface area contributed by atoms with Crippen molar-refractivity contribution in [3.63, 3.8) is 0 Å². The van der Waals surface area contributed by atoms with Crippen molar-refractivity contribution in [3.8, 4) is 0 Å². The predicted molar refractivity (Wildman–Crippen MR) is 67.8 cm³/mol. The molecule has 19 heavy (non-hydrogen) atoms. The highest BCUT2D eigenvalue weighted by Gasteiger charge is 2.07. The third kappa shape index (κ3) is 12.6. The van der Waals surface area contributed by atoms with E-state index >= 15 is 0 Å². The van der Waals surface area contributed by atoms with Crippen molar-refractivity contribution >= 4 is 17.9 Å². The number of carboxylic acid groups (broad SMARTS) is 1. The van der Waals surface area contributed by atoms with Gasteiger partial charge in [-0.1, -0.05) is 0 Å². The molecule has 0 spiro atoms. The minimum absolute atomic E-state index is 0.458. The standard InChI is InChI=1S/C11H21N3O5/c1-14(2)6-4-3-5-12-11(18)13-9(15)7-19-8-10(16)17/h3-8H2,1-2H3,(H,16,17)(H2,12,13,15,18). The lowest BCUT2D eigenvalue weighted by Gasteiger charge is -2.09. The lowest BCUT2D eigenvalue weighted by atomic mass is 10.3. The van der Waals surface area contributed by atoms with Crippen LogP contribution >= 0.6 is 0 Å². The second-order valence-electron chi connectivity index (χ2n) is 4.20. The Bertz CT molecular complexity index is 307. The van der Waals surface area contributed by atoms with Gasteiger partial charge in [-0.05, 0) is 33.5 Å². The van der Waals surface area contributed by atoms with Crippen molar-refractivity contribution < 1.29 is 24.2 Å². The Balaban J connectivity index is 3.52. The summed E-state index contributed by atoms with van der Waals surface area (Å²) in [5, 5.41) is 12.8. The fraction of sp³-hybridized carbons (Fsp3) is 0.727. The number of hydrogen-bond donors (Lipinski definition) is 3. The highest BCUT2D eigenvalue weighted by molar-refractivity contribution is 5.94. The quantitative estimate of drug-likeness (QED) is 0.478. The number of ether oxygens (including phenoxy) is 1. The Morgan fingerprint density at radius 1 is 1.16 bits per heavy atom. The molecular weight excluding hydrogens is 254 g/mol. The molecule has 0 aliphatic rings. The molecule has 0 unspecified atom stereocenters. The van der Waals surface area contributed by atoms with Gasteiger partial charge in [0.25, 0.3) is 5.91 Å². The van der Waals surface area contributed by atoms with Gasteiger partial charge in [-0.2, -0.15) is 0 Å². The number of rotatable bonds is 9. The maximum Gasteiger partial charge on any atom is 0.329 e. The molecule has 0 aromatic carbocycles. The first-order chi connectivity index (χ1) is 8.91. The zero-order valence-electron chi connectivity index (χ0n) is 11.3. The van der Waals surface area contributed by atoms with Crippen molar-refractivity contribution in [1.82, 2.24) is 15.5 Å². The molecular formula is C11H21N3O5. The first kappa shape index (κ1) is 17.3. The van der Waals surface area contributed by atoms with Crippen molar-refractivity contribution in [3.05, 3.63) is 0 Å². The topological polar surface area (TPSA) is 108 Å². The van der Waals surface area contributed by atoms with Crippen LogP contribution in [0.5, 0.6) is 0 Å². The molecule has 0 saturated carbocycles. The molecule has 0 aromatic heterocycles. The number of carbonyl (C=O) groups is 3. The molecule has 110 valence electrons. The monoisotopic (exact) mass is 275 g/mol. The molecule has 8 nitrogen and oxygen atoms in total. The Hall–Kier alpha value is -1.67. The van der Waals surface area contributed by atoms with E-state index in [1.165, 1.54) is 0 Å². The summed E-state index contributed by atoms with van der Waals surface area (Å²) in [5.74, 6) is -1.84. The van der Waals surface area contributed by atoms with Crippen LogP contribution in [0.15, 0.2) is 0 Å². The number of imide groups is 1. The molecule has 0 heterocycles. The van der Waals surface area contributed by atoms with Crippen LogP contribution in [0.3, 0.4) is 0 Å². The zero-order chi connectivity index (χ0) is 14.7. The van der Waals surface area contributed by atoms with Gasteiger partial charge in [0, 0.05) is 6.54 Å². The van der Waals surface area contributed by atoms with Crippen LogP contribution in [-0.4, -0.2) is 68.3 Å². The highest BCUT2D eigenvalue weighted by Crippen LogP contribution is 1.88.